The van der Waals surface area contributed by atoms with Crippen LogP contribution in [-0.2, 0) is 9.57 Å². The summed E-state index contributed by atoms with van der Waals surface area (Å²) in [5.41, 5.74) is 1.37. The van der Waals surface area contributed by atoms with Gasteiger partial charge in [-0.1, -0.05) is 30.0 Å². The second-order valence-corrected chi connectivity index (χ2v) is 7.04. The van der Waals surface area contributed by atoms with Crippen LogP contribution in [0.2, 0.25) is 0 Å². The van der Waals surface area contributed by atoms with E-state index in [0.717, 1.165) is 11.3 Å². The first-order chi connectivity index (χ1) is 11.4. The molecule has 0 aromatic heterocycles. The fourth-order valence-electron chi connectivity index (χ4n) is 2.94. The Morgan fingerprint density at radius 1 is 1.29 bits per heavy atom. The molecule has 6 atom stereocenters. The Bertz CT molecular complexity index is 626. The number of aryl methyl sites for hydroxylation is 1. The zero-order valence-corrected chi connectivity index (χ0v) is 14.6. The second kappa shape index (κ2) is 6.99. The van der Waals surface area contributed by atoms with Crippen LogP contribution >= 0.6 is 11.8 Å². The topological polar surface area (TPSA) is 94.8 Å². The van der Waals surface area contributed by atoms with E-state index in [1.807, 2.05) is 31.2 Å². The molecular formula is C16H22N2O5S. The molecule has 1 aromatic rings. The molecule has 0 spiro atoms. The largest absolute Gasteiger partial charge is 0.391 e. The van der Waals surface area contributed by atoms with Gasteiger partial charge >= 0.3 is 0 Å². The van der Waals surface area contributed by atoms with Gasteiger partial charge in [0.05, 0.1) is 18.9 Å². The SMILES string of the molecule is CON(C1=N[C@@H]2[C@@H](O)[C@H](O)[C@@H]([C@@H](C)O)O[C@@H]2S1)c1ccccc1C. The van der Waals surface area contributed by atoms with Crippen LogP contribution in [0.1, 0.15) is 12.5 Å². The fraction of sp³-hybridized carbons (Fsp3) is 0.562. The van der Waals surface area contributed by atoms with Crippen molar-refractivity contribution in [2.24, 2.45) is 4.99 Å². The van der Waals surface area contributed by atoms with Gasteiger partial charge in [0.15, 0.2) is 5.17 Å². The lowest BCUT2D eigenvalue weighted by molar-refractivity contribution is -0.181. The highest BCUT2D eigenvalue weighted by Gasteiger charge is 2.50. The molecule has 2 aliphatic heterocycles. The Labute approximate surface area is 144 Å². The molecule has 0 radical (unpaired) electrons. The minimum absolute atomic E-state index is 0.486. The van der Waals surface area contributed by atoms with Gasteiger partial charge in [-0.05, 0) is 25.5 Å². The molecule has 0 amide bonds. The quantitative estimate of drug-likeness (QED) is 0.687. The zero-order chi connectivity index (χ0) is 17.4. The predicted molar refractivity (Wildman–Crippen MR) is 91.8 cm³/mol. The molecule has 3 N–H and O–H groups in total. The zero-order valence-electron chi connectivity index (χ0n) is 13.7. The highest BCUT2D eigenvalue weighted by molar-refractivity contribution is 8.14. The summed E-state index contributed by atoms with van der Waals surface area (Å²) in [5.74, 6) is 0. The highest BCUT2D eigenvalue weighted by atomic mass is 32.2. The lowest BCUT2D eigenvalue weighted by atomic mass is 9.95. The molecule has 24 heavy (non-hydrogen) atoms. The molecule has 1 aromatic carbocycles. The minimum atomic E-state index is -1.19. The van der Waals surface area contributed by atoms with Crippen LogP contribution in [0.5, 0.6) is 0 Å². The van der Waals surface area contributed by atoms with Gasteiger partial charge in [-0.3, -0.25) is 9.83 Å². The third-order valence-corrected chi connectivity index (χ3v) is 5.36. The summed E-state index contributed by atoms with van der Waals surface area (Å²) in [5, 5.41) is 32.3. The molecular weight excluding hydrogens is 332 g/mol. The van der Waals surface area contributed by atoms with Gasteiger partial charge in [0.1, 0.15) is 29.8 Å². The number of para-hydroxylation sites is 1. The summed E-state index contributed by atoms with van der Waals surface area (Å²) >= 11 is 1.30. The summed E-state index contributed by atoms with van der Waals surface area (Å²) < 4.78 is 5.75. The lowest BCUT2D eigenvalue weighted by Crippen LogP contribution is -2.57. The van der Waals surface area contributed by atoms with Crippen molar-refractivity contribution in [1.29, 1.82) is 0 Å². The molecule has 1 fully saturated rings. The van der Waals surface area contributed by atoms with Crippen molar-refractivity contribution < 1.29 is 24.9 Å². The van der Waals surface area contributed by atoms with Crippen LogP contribution in [0.3, 0.4) is 0 Å². The maximum Gasteiger partial charge on any atom is 0.191 e. The molecule has 1 saturated heterocycles. The molecule has 2 heterocycles. The lowest BCUT2D eigenvalue weighted by Gasteiger charge is -2.39. The van der Waals surface area contributed by atoms with Gasteiger partial charge in [-0.2, -0.15) is 5.06 Å². The van der Waals surface area contributed by atoms with Crippen molar-refractivity contribution in [3.63, 3.8) is 0 Å². The number of fused-ring (bicyclic) bond motifs is 1. The maximum absolute atomic E-state index is 10.3. The Kier molecular flexibility index (Phi) is 5.14. The second-order valence-electron chi connectivity index (χ2n) is 5.97. The number of hydroxylamine groups is 1. The number of nitrogens with zero attached hydrogens (tertiary/aromatic N) is 2. The van der Waals surface area contributed by atoms with Gasteiger partial charge in [0.2, 0.25) is 0 Å². The van der Waals surface area contributed by atoms with Crippen molar-refractivity contribution in [2.75, 3.05) is 12.2 Å². The average molecular weight is 354 g/mol. The third kappa shape index (κ3) is 3.05. The van der Waals surface area contributed by atoms with Gasteiger partial charge in [0, 0.05) is 0 Å². The average Bonchev–Trinajstić information content (AvgIpc) is 2.97. The molecule has 3 rings (SSSR count). The summed E-state index contributed by atoms with van der Waals surface area (Å²) in [4.78, 5) is 9.96. The minimum Gasteiger partial charge on any atom is -0.391 e. The molecule has 8 heteroatoms. The number of aliphatic hydroxyl groups excluding tert-OH is 3. The van der Waals surface area contributed by atoms with E-state index < -0.39 is 35.9 Å². The van der Waals surface area contributed by atoms with Crippen molar-refractivity contribution in [2.45, 2.75) is 49.7 Å². The predicted octanol–water partition coefficient (Wildman–Crippen LogP) is 0.662. The molecule has 0 saturated carbocycles. The fourth-order valence-corrected chi connectivity index (χ4v) is 4.14. The van der Waals surface area contributed by atoms with Crippen LogP contribution in [0.25, 0.3) is 0 Å². The summed E-state index contributed by atoms with van der Waals surface area (Å²) in [7, 11) is 1.54. The first-order valence-electron chi connectivity index (χ1n) is 7.78. The number of amidine groups is 1. The number of aliphatic imine (C=N–C) groups is 1. The smallest absolute Gasteiger partial charge is 0.191 e. The van der Waals surface area contributed by atoms with E-state index >= 15 is 0 Å². The molecule has 132 valence electrons. The van der Waals surface area contributed by atoms with Gasteiger partial charge in [-0.25, -0.2) is 0 Å². The standard InChI is InChI=1S/C16H22N2O5S/c1-8-6-4-5-7-10(8)18(22-3)16-17-11-12(20)13(21)14(9(2)19)23-15(11)24-16/h4-7,9,11-15,19-21H,1-3H3/t9-,11-,12-,13+,14-,15-/m1/s1. The first-order valence-corrected chi connectivity index (χ1v) is 8.66. The van der Waals surface area contributed by atoms with Crippen LogP contribution in [-0.4, -0.2) is 63.5 Å². The van der Waals surface area contributed by atoms with Crippen molar-refractivity contribution >= 4 is 22.6 Å². The monoisotopic (exact) mass is 354 g/mol. The third-order valence-electron chi connectivity index (χ3n) is 4.25. The van der Waals surface area contributed by atoms with E-state index in [9.17, 15) is 15.3 Å². The highest BCUT2D eigenvalue weighted by Crippen LogP contribution is 2.39. The number of aliphatic hydroxyl groups is 3. The van der Waals surface area contributed by atoms with E-state index in [4.69, 9.17) is 9.57 Å². The Hall–Kier alpha value is -1.16. The summed E-state index contributed by atoms with van der Waals surface area (Å²) in [6.45, 7) is 3.49. The van der Waals surface area contributed by atoms with E-state index in [2.05, 4.69) is 4.99 Å². The summed E-state index contributed by atoms with van der Waals surface area (Å²) in [6, 6.07) is 7.10. The van der Waals surface area contributed by atoms with Crippen LogP contribution in [0, 0.1) is 6.92 Å². The Morgan fingerprint density at radius 3 is 2.62 bits per heavy atom. The summed E-state index contributed by atoms with van der Waals surface area (Å²) in [6.07, 6.45) is -4.04. The molecule has 0 aliphatic carbocycles. The van der Waals surface area contributed by atoms with E-state index in [1.165, 1.54) is 18.7 Å². The van der Waals surface area contributed by atoms with Crippen LogP contribution in [0.4, 0.5) is 5.69 Å². The number of anilines is 1. The molecule has 7 nitrogen and oxygen atoms in total. The number of hydrogen-bond acceptors (Lipinski definition) is 8. The van der Waals surface area contributed by atoms with E-state index in [1.54, 1.807) is 12.2 Å². The van der Waals surface area contributed by atoms with Crippen molar-refractivity contribution in [1.82, 2.24) is 0 Å². The van der Waals surface area contributed by atoms with E-state index in [-0.39, 0.29) is 0 Å². The number of ether oxygens (including phenoxy) is 1. The number of rotatable bonds is 3. The Morgan fingerprint density at radius 2 is 2.00 bits per heavy atom. The number of thioether (sulfide) groups is 1. The normalized spacial score (nSPS) is 33.8. The molecule has 0 unspecified atom stereocenters. The van der Waals surface area contributed by atoms with Crippen LogP contribution < -0.4 is 5.06 Å². The molecule has 0 bridgehead atoms. The number of benzene rings is 1. The maximum atomic E-state index is 10.3. The van der Waals surface area contributed by atoms with Gasteiger partial charge < -0.3 is 20.1 Å². The molecule has 2 aliphatic rings. The van der Waals surface area contributed by atoms with E-state index in [0.29, 0.717) is 5.17 Å². The van der Waals surface area contributed by atoms with Gasteiger partial charge in [-0.15, -0.1) is 0 Å². The number of hydrogen-bond donors (Lipinski definition) is 3. The van der Waals surface area contributed by atoms with Crippen molar-refractivity contribution in [3.8, 4) is 0 Å². The van der Waals surface area contributed by atoms with Gasteiger partial charge in [0.25, 0.3) is 0 Å². The van der Waals surface area contributed by atoms with Crippen LogP contribution in [0.15, 0.2) is 29.3 Å². The van der Waals surface area contributed by atoms with Crippen molar-refractivity contribution in [3.05, 3.63) is 29.8 Å². The Balaban J connectivity index is 1.86. The first kappa shape index (κ1) is 17.7.